The summed E-state index contributed by atoms with van der Waals surface area (Å²) in [6.07, 6.45) is 5.02. The molecule has 0 unspecified atom stereocenters. The molecule has 0 atom stereocenters. The van der Waals surface area contributed by atoms with Gasteiger partial charge in [-0.05, 0) is 55.7 Å². The summed E-state index contributed by atoms with van der Waals surface area (Å²) in [5, 5.41) is 6.50. The monoisotopic (exact) mass is 389 g/mol. The number of rotatable bonds is 5. The maximum Gasteiger partial charge on any atom is 0.164 e. The Morgan fingerprint density at radius 2 is 1.71 bits per heavy atom. The van der Waals surface area contributed by atoms with Gasteiger partial charge in [0.25, 0.3) is 0 Å². The molecule has 2 aromatic heterocycles. The van der Waals surface area contributed by atoms with E-state index in [1.54, 1.807) is 11.8 Å². The van der Waals surface area contributed by atoms with Crippen molar-refractivity contribution in [2.24, 2.45) is 0 Å². The van der Waals surface area contributed by atoms with E-state index in [0.29, 0.717) is 11.9 Å². The Balaban J connectivity index is 1.42. The number of fused-ring (bicyclic) bond motifs is 1. The third kappa shape index (κ3) is 3.18. The van der Waals surface area contributed by atoms with Gasteiger partial charge in [-0.1, -0.05) is 30.0 Å². The Morgan fingerprint density at radius 3 is 2.43 bits per heavy atom. The quantitative estimate of drug-likeness (QED) is 0.513. The van der Waals surface area contributed by atoms with Gasteiger partial charge >= 0.3 is 0 Å². The second kappa shape index (κ2) is 7.16. The van der Waals surface area contributed by atoms with Crippen molar-refractivity contribution in [1.82, 2.24) is 19.7 Å². The van der Waals surface area contributed by atoms with E-state index in [9.17, 15) is 0 Å². The van der Waals surface area contributed by atoms with Crippen molar-refractivity contribution in [2.75, 3.05) is 5.73 Å². The number of anilines is 1. The lowest BCUT2D eigenvalue weighted by Gasteiger charge is -2.25. The Kier molecular flexibility index (Phi) is 4.37. The summed E-state index contributed by atoms with van der Waals surface area (Å²) in [5.41, 5.74) is 6.98. The van der Waals surface area contributed by atoms with Crippen LogP contribution in [-0.2, 0) is 0 Å². The van der Waals surface area contributed by atoms with E-state index in [0.717, 1.165) is 45.3 Å². The Morgan fingerprint density at radius 1 is 0.964 bits per heavy atom. The number of nitrogen functional groups attached to an aromatic ring is 1. The molecule has 1 fully saturated rings. The van der Waals surface area contributed by atoms with E-state index >= 15 is 0 Å². The molecular weight excluding hydrogens is 370 g/mol. The van der Waals surface area contributed by atoms with Crippen LogP contribution in [0, 0.1) is 0 Å². The zero-order valence-corrected chi connectivity index (χ0v) is 16.0. The fourth-order valence-electron chi connectivity index (χ4n) is 3.23. The maximum atomic E-state index is 6.16. The molecule has 6 nitrogen and oxygen atoms in total. The highest BCUT2D eigenvalue weighted by Gasteiger charge is 2.26. The largest absolute Gasteiger partial charge is 0.457 e. The van der Waals surface area contributed by atoms with Gasteiger partial charge in [-0.2, -0.15) is 5.10 Å². The molecule has 0 radical (unpaired) electrons. The number of aromatic nitrogens is 4. The van der Waals surface area contributed by atoms with Crippen LogP contribution in [0.2, 0.25) is 0 Å². The van der Waals surface area contributed by atoms with Crippen molar-refractivity contribution in [3.63, 3.8) is 0 Å². The van der Waals surface area contributed by atoms with Gasteiger partial charge < -0.3 is 10.5 Å². The summed E-state index contributed by atoms with van der Waals surface area (Å²) in [6.45, 7) is 0. The van der Waals surface area contributed by atoms with Gasteiger partial charge in [-0.25, -0.2) is 14.6 Å². The first kappa shape index (κ1) is 17.1. The highest BCUT2D eigenvalue weighted by molar-refractivity contribution is 7.99. The first-order valence-corrected chi connectivity index (χ1v) is 10.1. The number of nitrogens with two attached hydrogens (primary N) is 1. The minimum absolute atomic E-state index is 0.410. The molecule has 2 N–H and O–H groups in total. The summed E-state index contributed by atoms with van der Waals surface area (Å²) in [5.74, 6) is 2.09. The van der Waals surface area contributed by atoms with E-state index in [2.05, 4.69) is 9.97 Å². The van der Waals surface area contributed by atoms with Gasteiger partial charge in [0.1, 0.15) is 28.7 Å². The van der Waals surface area contributed by atoms with E-state index in [4.69, 9.17) is 15.6 Å². The topological polar surface area (TPSA) is 78.8 Å². The van der Waals surface area contributed by atoms with Crippen LogP contribution < -0.4 is 10.5 Å². The van der Waals surface area contributed by atoms with Crippen LogP contribution in [0.15, 0.2) is 70.8 Å². The van der Waals surface area contributed by atoms with Gasteiger partial charge in [0, 0.05) is 4.90 Å². The predicted molar refractivity (Wildman–Crippen MR) is 110 cm³/mol. The molecule has 0 bridgehead atoms. The van der Waals surface area contributed by atoms with Gasteiger partial charge in [-0.15, -0.1) is 0 Å². The Labute approximate surface area is 166 Å². The molecule has 0 amide bonds. The molecule has 7 heteroatoms. The fraction of sp³-hybridized carbons (Fsp3) is 0.190. The zero-order chi connectivity index (χ0) is 18.9. The molecule has 1 aliphatic rings. The molecule has 2 aromatic carbocycles. The molecule has 1 aliphatic carbocycles. The molecule has 4 aromatic rings. The lowest BCUT2D eigenvalue weighted by atomic mass is 9.93. The van der Waals surface area contributed by atoms with Crippen molar-refractivity contribution in [1.29, 1.82) is 0 Å². The second-order valence-corrected chi connectivity index (χ2v) is 7.84. The predicted octanol–water partition coefficient (Wildman–Crippen LogP) is 5.08. The van der Waals surface area contributed by atoms with Crippen LogP contribution in [0.3, 0.4) is 0 Å². The first-order valence-electron chi connectivity index (χ1n) is 9.27. The van der Waals surface area contributed by atoms with E-state index in [1.807, 2.05) is 59.3 Å². The van der Waals surface area contributed by atoms with Gasteiger partial charge in [-0.3, -0.25) is 0 Å². The van der Waals surface area contributed by atoms with Crippen LogP contribution in [0.1, 0.15) is 25.3 Å². The lowest BCUT2D eigenvalue weighted by Crippen LogP contribution is -2.18. The van der Waals surface area contributed by atoms with Crippen molar-refractivity contribution in [3.05, 3.63) is 60.9 Å². The Bertz CT molecular complexity index is 1110. The Hall–Kier alpha value is -3.06. The second-order valence-electron chi connectivity index (χ2n) is 6.78. The number of hydrogen-bond acceptors (Lipinski definition) is 6. The lowest BCUT2D eigenvalue weighted by molar-refractivity contribution is 0.293. The minimum atomic E-state index is 0.410. The molecule has 1 saturated carbocycles. The molecule has 0 spiro atoms. The molecule has 0 aliphatic heterocycles. The third-order valence-corrected chi connectivity index (χ3v) is 5.91. The van der Waals surface area contributed by atoms with Crippen LogP contribution in [-0.4, -0.2) is 19.7 Å². The smallest absolute Gasteiger partial charge is 0.164 e. The molecule has 2 heterocycles. The molecule has 5 rings (SSSR count). The van der Waals surface area contributed by atoms with Gasteiger partial charge in [0.2, 0.25) is 0 Å². The third-order valence-electron chi connectivity index (χ3n) is 4.92. The average Bonchev–Trinajstić information content (AvgIpc) is 3.02. The minimum Gasteiger partial charge on any atom is -0.457 e. The average molecular weight is 389 g/mol. The van der Waals surface area contributed by atoms with Gasteiger partial charge in [0.15, 0.2) is 5.65 Å². The number of nitrogens with zero attached hydrogens (tertiary/aromatic N) is 4. The van der Waals surface area contributed by atoms with Crippen molar-refractivity contribution in [3.8, 4) is 11.5 Å². The molecule has 28 heavy (non-hydrogen) atoms. The number of benzene rings is 2. The maximum absolute atomic E-state index is 6.16. The summed E-state index contributed by atoms with van der Waals surface area (Å²) < 4.78 is 7.88. The van der Waals surface area contributed by atoms with Crippen molar-refractivity contribution < 1.29 is 4.74 Å². The van der Waals surface area contributed by atoms with Crippen LogP contribution in [0.5, 0.6) is 11.5 Å². The highest BCUT2D eigenvalue weighted by atomic mass is 32.2. The molecule has 140 valence electrons. The summed E-state index contributed by atoms with van der Waals surface area (Å²) in [4.78, 5) is 9.67. The number of ether oxygens (including phenoxy) is 1. The molecular formula is C21H19N5OS. The van der Waals surface area contributed by atoms with Crippen LogP contribution in [0.25, 0.3) is 11.0 Å². The van der Waals surface area contributed by atoms with Gasteiger partial charge in [0.05, 0.1) is 11.4 Å². The van der Waals surface area contributed by atoms with Crippen LogP contribution in [0.4, 0.5) is 5.82 Å². The van der Waals surface area contributed by atoms with E-state index < -0.39 is 0 Å². The van der Waals surface area contributed by atoms with E-state index in [-0.39, 0.29) is 0 Å². The molecule has 0 saturated heterocycles. The zero-order valence-electron chi connectivity index (χ0n) is 15.2. The SMILES string of the molecule is Nc1ncnc2c1c(Sc1ccc(Oc3ccccc3)cc1)nn2C1CCC1. The van der Waals surface area contributed by atoms with E-state index in [1.165, 1.54) is 12.7 Å². The summed E-state index contributed by atoms with van der Waals surface area (Å²) in [6, 6.07) is 18.1. The van der Waals surface area contributed by atoms with Crippen molar-refractivity contribution in [2.45, 2.75) is 35.2 Å². The summed E-state index contributed by atoms with van der Waals surface area (Å²) >= 11 is 1.57. The standard InChI is InChI=1S/C21H19N5OS/c22-19-18-20(24-13-23-19)26(14-5-4-6-14)25-21(18)28-17-11-9-16(10-12-17)27-15-7-2-1-3-8-15/h1-3,7-14H,4-6H2,(H2,22,23,24). The first-order chi connectivity index (χ1) is 13.8. The number of hydrogen-bond donors (Lipinski definition) is 1. The highest BCUT2D eigenvalue weighted by Crippen LogP contribution is 2.39. The van der Waals surface area contributed by atoms with Crippen LogP contribution >= 0.6 is 11.8 Å². The fourth-order valence-corrected chi connectivity index (χ4v) is 4.15. The normalized spacial score (nSPS) is 14.1. The summed E-state index contributed by atoms with van der Waals surface area (Å²) in [7, 11) is 0. The number of para-hydroxylation sites is 1. The van der Waals surface area contributed by atoms with Crippen molar-refractivity contribution >= 4 is 28.6 Å².